The number of ether oxygens (including phenoxy) is 2. The minimum absolute atomic E-state index is 0.0350. The number of rotatable bonds is 7. The topological polar surface area (TPSA) is 71.4 Å². The van der Waals surface area contributed by atoms with Crippen LogP contribution in [0, 0.1) is 19.8 Å². The molecule has 1 amide bonds. The number of hydrogen-bond donors (Lipinski definition) is 0. The molecule has 1 fully saturated rings. The quantitative estimate of drug-likeness (QED) is 0.557. The van der Waals surface area contributed by atoms with Crippen LogP contribution in [0.25, 0.3) is 0 Å². The van der Waals surface area contributed by atoms with Crippen molar-refractivity contribution in [3.05, 3.63) is 64.7 Å². The van der Waals surface area contributed by atoms with Crippen molar-refractivity contribution in [1.82, 2.24) is 9.91 Å². The Balaban J connectivity index is 1.53. The van der Waals surface area contributed by atoms with Crippen LogP contribution in [0.15, 0.2) is 47.6 Å². The van der Waals surface area contributed by atoms with Crippen molar-refractivity contribution in [2.75, 3.05) is 33.4 Å². The summed E-state index contributed by atoms with van der Waals surface area (Å²) >= 11 is 0. The zero-order valence-electron chi connectivity index (χ0n) is 21.1. The second-order valence-corrected chi connectivity index (χ2v) is 9.40. The standard InChI is InChI=1S/C28H35N3O4/c1-5-35-28(33)21-11-13-30(14-12-21)18-27(32)31-26(22-7-6-8-23(16-22)34-4)17-25(29-31)24-10-9-19(2)15-20(24)3/h6-10,15-16,21,26H,5,11-14,17-18H2,1-4H3. The first kappa shape index (κ1) is 24.9. The maximum absolute atomic E-state index is 13.5. The highest BCUT2D eigenvalue weighted by atomic mass is 16.5. The Hall–Kier alpha value is -3.19. The zero-order chi connectivity index (χ0) is 24.9. The fourth-order valence-corrected chi connectivity index (χ4v) is 5.00. The van der Waals surface area contributed by atoms with Crippen LogP contribution in [0.1, 0.15) is 54.5 Å². The highest BCUT2D eigenvalue weighted by Crippen LogP contribution is 2.35. The highest BCUT2D eigenvalue weighted by molar-refractivity contribution is 6.04. The van der Waals surface area contributed by atoms with Crippen LogP contribution >= 0.6 is 0 Å². The number of nitrogens with zero attached hydrogens (tertiary/aromatic N) is 3. The summed E-state index contributed by atoms with van der Waals surface area (Å²) in [7, 11) is 1.65. The first-order chi connectivity index (χ1) is 16.9. The molecule has 0 spiro atoms. The zero-order valence-corrected chi connectivity index (χ0v) is 21.1. The van der Waals surface area contributed by atoms with E-state index in [9.17, 15) is 9.59 Å². The molecule has 2 aromatic rings. The van der Waals surface area contributed by atoms with E-state index in [1.165, 1.54) is 5.56 Å². The van der Waals surface area contributed by atoms with Crippen molar-refractivity contribution in [2.24, 2.45) is 11.0 Å². The number of aryl methyl sites for hydroxylation is 2. The van der Waals surface area contributed by atoms with Gasteiger partial charge in [-0.25, -0.2) is 5.01 Å². The van der Waals surface area contributed by atoms with Gasteiger partial charge in [-0.05, 0) is 70.0 Å². The number of esters is 1. The Morgan fingerprint density at radius 2 is 1.86 bits per heavy atom. The predicted molar refractivity (Wildman–Crippen MR) is 135 cm³/mol. The number of carbonyl (C=O) groups is 2. The van der Waals surface area contributed by atoms with E-state index >= 15 is 0 Å². The minimum atomic E-state index is -0.189. The molecule has 2 aliphatic heterocycles. The van der Waals surface area contributed by atoms with E-state index in [1.54, 1.807) is 12.1 Å². The summed E-state index contributed by atoms with van der Waals surface area (Å²) in [5, 5.41) is 6.51. The molecule has 2 aliphatic rings. The van der Waals surface area contributed by atoms with E-state index in [1.807, 2.05) is 31.2 Å². The Morgan fingerprint density at radius 1 is 1.09 bits per heavy atom. The van der Waals surface area contributed by atoms with Crippen LogP contribution < -0.4 is 4.74 Å². The Kier molecular flexibility index (Phi) is 7.86. The largest absolute Gasteiger partial charge is 0.497 e. The van der Waals surface area contributed by atoms with Gasteiger partial charge in [0, 0.05) is 12.0 Å². The first-order valence-electron chi connectivity index (χ1n) is 12.4. The van der Waals surface area contributed by atoms with Gasteiger partial charge in [-0.15, -0.1) is 0 Å². The predicted octanol–water partition coefficient (Wildman–Crippen LogP) is 4.26. The van der Waals surface area contributed by atoms with E-state index in [2.05, 4.69) is 36.9 Å². The molecule has 4 rings (SSSR count). The van der Waals surface area contributed by atoms with Crippen LogP contribution in [0.2, 0.25) is 0 Å². The van der Waals surface area contributed by atoms with Gasteiger partial charge in [0.25, 0.3) is 5.91 Å². The van der Waals surface area contributed by atoms with E-state index in [0.29, 0.717) is 39.0 Å². The van der Waals surface area contributed by atoms with E-state index < -0.39 is 0 Å². The highest BCUT2D eigenvalue weighted by Gasteiger charge is 2.35. The van der Waals surface area contributed by atoms with Gasteiger partial charge in [-0.2, -0.15) is 5.10 Å². The van der Waals surface area contributed by atoms with Gasteiger partial charge in [0.05, 0.1) is 37.9 Å². The van der Waals surface area contributed by atoms with Crippen LogP contribution in [0.3, 0.4) is 0 Å². The van der Waals surface area contributed by atoms with Gasteiger partial charge < -0.3 is 9.47 Å². The fourth-order valence-electron chi connectivity index (χ4n) is 5.00. The molecule has 7 heteroatoms. The summed E-state index contributed by atoms with van der Waals surface area (Å²) in [6, 6.07) is 14.0. The van der Waals surface area contributed by atoms with Crippen LogP contribution in [0.5, 0.6) is 5.75 Å². The minimum Gasteiger partial charge on any atom is -0.497 e. The molecule has 1 atom stereocenters. The summed E-state index contributed by atoms with van der Waals surface area (Å²) in [5.74, 6) is 0.522. The Labute approximate surface area is 207 Å². The summed E-state index contributed by atoms with van der Waals surface area (Å²) in [6.07, 6.45) is 2.07. The van der Waals surface area contributed by atoms with Gasteiger partial charge in [-0.3, -0.25) is 14.5 Å². The molecule has 0 N–H and O–H groups in total. The number of hydrogen-bond acceptors (Lipinski definition) is 6. The monoisotopic (exact) mass is 477 g/mol. The third-order valence-electron chi connectivity index (χ3n) is 6.90. The molecule has 2 heterocycles. The average Bonchev–Trinajstić information content (AvgIpc) is 3.30. The molecule has 0 aliphatic carbocycles. The number of piperidine rings is 1. The molecule has 7 nitrogen and oxygen atoms in total. The maximum Gasteiger partial charge on any atom is 0.309 e. The number of amides is 1. The number of likely N-dealkylation sites (tertiary alicyclic amines) is 1. The molecule has 0 bridgehead atoms. The molecular formula is C28H35N3O4. The van der Waals surface area contributed by atoms with E-state index in [4.69, 9.17) is 14.6 Å². The molecular weight excluding hydrogens is 442 g/mol. The lowest BCUT2D eigenvalue weighted by Gasteiger charge is -2.32. The van der Waals surface area contributed by atoms with Gasteiger partial charge in [-0.1, -0.05) is 35.9 Å². The Morgan fingerprint density at radius 3 is 2.54 bits per heavy atom. The average molecular weight is 478 g/mol. The number of methoxy groups -OCH3 is 1. The van der Waals surface area contributed by atoms with Crippen molar-refractivity contribution in [3.63, 3.8) is 0 Å². The van der Waals surface area contributed by atoms with Gasteiger partial charge in [0.2, 0.25) is 0 Å². The lowest BCUT2D eigenvalue weighted by molar-refractivity contribution is -0.149. The lowest BCUT2D eigenvalue weighted by Crippen LogP contribution is -2.43. The molecule has 0 aromatic heterocycles. The second kappa shape index (κ2) is 11.0. The van der Waals surface area contributed by atoms with Gasteiger partial charge >= 0.3 is 5.97 Å². The molecule has 1 unspecified atom stereocenters. The van der Waals surface area contributed by atoms with E-state index in [0.717, 1.165) is 28.2 Å². The second-order valence-electron chi connectivity index (χ2n) is 9.40. The SMILES string of the molecule is CCOC(=O)C1CCN(CC(=O)N2N=C(c3ccc(C)cc3C)CC2c2cccc(OC)c2)CC1. The summed E-state index contributed by atoms with van der Waals surface area (Å²) in [5.41, 5.74) is 5.36. The molecule has 0 saturated carbocycles. The third-order valence-corrected chi connectivity index (χ3v) is 6.90. The number of carbonyl (C=O) groups excluding carboxylic acids is 2. The summed E-state index contributed by atoms with van der Waals surface area (Å²) in [6.45, 7) is 8.06. The third kappa shape index (κ3) is 5.73. The van der Waals surface area contributed by atoms with Gasteiger partial charge in [0.1, 0.15) is 5.75 Å². The summed E-state index contributed by atoms with van der Waals surface area (Å²) in [4.78, 5) is 27.7. The number of benzene rings is 2. The van der Waals surface area contributed by atoms with Crippen molar-refractivity contribution in [1.29, 1.82) is 0 Å². The maximum atomic E-state index is 13.5. The molecule has 2 aromatic carbocycles. The Bertz CT molecular complexity index is 1110. The van der Waals surface area contributed by atoms with Crippen molar-refractivity contribution in [3.8, 4) is 5.75 Å². The molecule has 186 valence electrons. The lowest BCUT2D eigenvalue weighted by atomic mass is 9.95. The van der Waals surface area contributed by atoms with E-state index in [-0.39, 0.29) is 30.4 Å². The number of hydrazone groups is 1. The van der Waals surface area contributed by atoms with Crippen molar-refractivity contribution < 1.29 is 19.1 Å². The van der Waals surface area contributed by atoms with Crippen LogP contribution in [0.4, 0.5) is 0 Å². The molecule has 0 radical (unpaired) electrons. The smallest absolute Gasteiger partial charge is 0.309 e. The molecule has 35 heavy (non-hydrogen) atoms. The first-order valence-corrected chi connectivity index (χ1v) is 12.4. The van der Waals surface area contributed by atoms with Crippen molar-refractivity contribution >= 4 is 17.6 Å². The summed E-state index contributed by atoms with van der Waals surface area (Å²) < 4.78 is 10.6. The normalized spacial score (nSPS) is 18.9. The van der Waals surface area contributed by atoms with Gasteiger partial charge in [0.15, 0.2) is 0 Å². The molecule has 1 saturated heterocycles. The van der Waals surface area contributed by atoms with Crippen molar-refractivity contribution in [2.45, 2.75) is 46.1 Å². The van der Waals surface area contributed by atoms with Crippen LogP contribution in [-0.4, -0.2) is 60.8 Å². The van der Waals surface area contributed by atoms with Crippen LogP contribution in [-0.2, 0) is 14.3 Å². The fraction of sp³-hybridized carbons (Fsp3) is 0.464.